The number of hydrogen-bond donors (Lipinski definition) is 1. The van der Waals surface area contributed by atoms with Crippen LogP contribution in [0.25, 0.3) is 11.4 Å². The van der Waals surface area contributed by atoms with Gasteiger partial charge >= 0.3 is 0 Å². The first-order chi connectivity index (χ1) is 12.0. The zero-order valence-corrected chi connectivity index (χ0v) is 14.7. The van der Waals surface area contributed by atoms with Gasteiger partial charge in [-0.15, -0.1) is 0 Å². The number of benzene rings is 2. The first-order valence-electron chi connectivity index (χ1n) is 8.28. The number of nitrogens with zero attached hydrogens (tertiary/aromatic N) is 2. The second-order valence-electron chi connectivity index (χ2n) is 6.19. The molecule has 1 N–H and O–H groups in total. The van der Waals surface area contributed by atoms with Crippen molar-refractivity contribution in [1.82, 2.24) is 10.1 Å². The highest BCUT2D eigenvalue weighted by Gasteiger charge is 2.12. The number of anilines is 1. The van der Waals surface area contributed by atoms with Crippen molar-refractivity contribution in [3.05, 3.63) is 65.0 Å². The van der Waals surface area contributed by atoms with Gasteiger partial charge in [0.05, 0.1) is 0 Å². The fourth-order valence-electron chi connectivity index (χ4n) is 2.59. The SMILES string of the molecule is Cc1ccc(C)c(NC(=O)CCc2nc(-c3ccccc3C)no2)c1. The topological polar surface area (TPSA) is 68.0 Å². The predicted molar refractivity (Wildman–Crippen MR) is 97.3 cm³/mol. The highest BCUT2D eigenvalue weighted by Crippen LogP contribution is 2.20. The summed E-state index contributed by atoms with van der Waals surface area (Å²) < 4.78 is 5.28. The molecule has 5 nitrogen and oxygen atoms in total. The Morgan fingerprint density at radius 2 is 1.88 bits per heavy atom. The Hall–Kier alpha value is -2.95. The predicted octanol–water partition coefficient (Wildman–Crippen LogP) is 4.23. The molecule has 0 saturated heterocycles. The molecule has 5 heteroatoms. The van der Waals surface area contributed by atoms with E-state index in [9.17, 15) is 4.79 Å². The molecule has 0 aliphatic carbocycles. The van der Waals surface area contributed by atoms with Crippen LogP contribution in [0.2, 0.25) is 0 Å². The smallest absolute Gasteiger partial charge is 0.227 e. The summed E-state index contributed by atoms with van der Waals surface area (Å²) in [6, 6.07) is 13.9. The van der Waals surface area contributed by atoms with Gasteiger partial charge in [0.1, 0.15) is 0 Å². The third-order valence-electron chi connectivity index (χ3n) is 4.09. The van der Waals surface area contributed by atoms with Gasteiger partial charge in [-0.25, -0.2) is 0 Å². The minimum absolute atomic E-state index is 0.0654. The summed E-state index contributed by atoms with van der Waals surface area (Å²) in [6.45, 7) is 5.98. The second kappa shape index (κ2) is 7.30. The Bertz CT molecular complexity index is 899. The third kappa shape index (κ3) is 4.12. The van der Waals surface area contributed by atoms with Crippen molar-refractivity contribution >= 4 is 11.6 Å². The van der Waals surface area contributed by atoms with Gasteiger partial charge in [0, 0.05) is 24.1 Å². The van der Waals surface area contributed by atoms with E-state index in [1.165, 1.54) is 0 Å². The minimum Gasteiger partial charge on any atom is -0.339 e. The van der Waals surface area contributed by atoms with Crippen LogP contribution in [0.1, 0.15) is 29.0 Å². The lowest BCUT2D eigenvalue weighted by Crippen LogP contribution is -2.13. The lowest BCUT2D eigenvalue weighted by Gasteiger charge is -2.08. The number of carbonyl (C=O) groups is 1. The summed E-state index contributed by atoms with van der Waals surface area (Å²) in [4.78, 5) is 16.6. The molecule has 0 unspecified atom stereocenters. The van der Waals surface area contributed by atoms with E-state index in [0.29, 0.717) is 24.6 Å². The molecule has 25 heavy (non-hydrogen) atoms. The van der Waals surface area contributed by atoms with E-state index in [0.717, 1.165) is 27.9 Å². The van der Waals surface area contributed by atoms with Crippen molar-refractivity contribution in [3.63, 3.8) is 0 Å². The lowest BCUT2D eigenvalue weighted by molar-refractivity contribution is -0.116. The Balaban J connectivity index is 1.61. The minimum atomic E-state index is -0.0654. The standard InChI is InChI=1S/C20H21N3O2/c1-13-8-9-15(3)17(12-13)21-18(24)10-11-19-22-20(23-25-19)16-7-5-4-6-14(16)2/h4-9,12H,10-11H2,1-3H3,(H,21,24). The van der Waals surface area contributed by atoms with Crippen molar-refractivity contribution in [1.29, 1.82) is 0 Å². The average molecular weight is 335 g/mol. The largest absolute Gasteiger partial charge is 0.339 e. The highest BCUT2D eigenvalue weighted by atomic mass is 16.5. The second-order valence-corrected chi connectivity index (χ2v) is 6.19. The van der Waals surface area contributed by atoms with Crippen LogP contribution >= 0.6 is 0 Å². The summed E-state index contributed by atoms with van der Waals surface area (Å²) in [7, 11) is 0. The van der Waals surface area contributed by atoms with Gasteiger partial charge in [0.2, 0.25) is 17.6 Å². The number of carbonyl (C=O) groups excluding carboxylic acids is 1. The van der Waals surface area contributed by atoms with Gasteiger partial charge in [-0.3, -0.25) is 4.79 Å². The molecule has 0 fully saturated rings. The molecule has 1 heterocycles. The van der Waals surface area contributed by atoms with Crippen LogP contribution < -0.4 is 5.32 Å². The normalized spacial score (nSPS) is 10.7. The first-order valence-corrected chi connectivity index (χ1v) is 8.28. The molecule has 0 atom stereocenters. The number of aromatic nitrogens is 2. The molecular formula is C20H21N3O2. The number of nitrogens with one attached hydrogen (secondary N) is 1. The molecule has 0 radical (unpaired) electrons. The molecular weight excluding hydrogens is 314 g/mol. The van der Waals surface area contributed by atoms with Gasteiger partial charge in [-0.2, -0.15) is 4.98 Å². The molecule has 3 aromatic rings. The van der Waals surface area contributed by atoms with Crippen molar-refractivity contribution in [3.8, 4) is 11.4 Å². The fraction of sp³-hybridized carbons (Fsp3) is 0.250. The van der Waals surface area contributed by atoms with E-state index in [-0.39, 0.29) is 5.91 Å². The maximum Gasteiger partial charge on any atom is 0.227 e. The quantitative estimate of drug-likeness (QED) is 0.757. The van der Waals surface area contributed by atoms with E-state index in [1.807, 2.05) is 63.2 Å². The Labute approximate surface area is 147 Å². The van der Waals surface area contributed by atoms with E-state index in [1.54, 1.807) is 0 Å². The van der Waals surface area contributed by atoms with Gasteiger partial charge in [0.15, 0.2) is 0 Å². The highest BCUT2D eigenvalue weighted by molar-refractivity contribution is 5.91. The summed E-state index contributed by atoms with van der Waals surface area (Å²) >= 11 is 0. The van der Waals surface area contributed by atoms with Crippen LogP contribution in [0.4, 0.5) is 5.69 Å². The van der Waals surface area contributed by atoms with Crippen LogP contribution in [0.3, 0.4) is 0 Å². The average Bonchev–Trinajstić information content (AvgIpc) is 3.05. The van der Waals surface area contributed by atoms with Gasteiger partial charge < -0.3 is 9.84 Å². The first kappa shape index (κ1) is 16.9. The molecule has 0 aliphatic rings. The molecule has 0 bridgehead atoms. The van der Waals surface area contributed by atoms with Gasteiger partial charge in [-0.05, 0) is 43.5 Å². The summed E-state index contributed by atoms with van der Waals surface area (Å²) in [5.74, 6) is 0.960. The molecule has 2 aromatic carbocycles. The van der Waals surface area contributed by atoms with Crippen LogP contribution in [-0.2, 0) is 11.2 Å². The Morgan fingerprint density at radius 1 is 1.08 bits per heavy atom. The van der Waals surface area contributed by atoms with E-state index in [4.69, 9.17) is 4.52 Å². The summed E-state index contributed by atoms with van der Waals surface area (Å²) in [5, 5.41) is 6.96. The van der Waals surface area contributed by atoms with Crippen molar-refractivity contribution in [2.75, 3.05) is 5.32 Å². The molecule has 128 valence electrons. The summed E-state index contributed by atoms with van der Waals surface area (Å²) in [5.41, 5.74) is 5.02. The van der Waals surface area contributed by atoms with E-state index in [2.05, 4.69) is 15.5 Å². The molecule has 0 spiro atoms. The van der Waals surface area contributed by atoms with Crippen LogP contribution in [-0.4, -0.2) is 16.0 Å². The number of amides is 1. The molecule has 1 amide bonds. The van der Waals surface area contributed by atoms with Crippen molar-refractivity contribution < 1.29 is 9.32 Å². The van der Waals surface area contributed by atoms with E-state index < -0.39 is 0 Å². The lowest BCUT2D eigenvalue weighted by atomic mass is 10.1. The van der Waals surface area contributed by atoms with Gasteiger partial charge in [-0.1, -0.05) is 41.6 Å². The third-order valence-corrected chi connectivity index (χ3v) is 4.09. The molecule has 3 rings (SSSR count). The van der Waals surface area contributed by atoms with Crippen molar-refractivity contribution in [2.24, 2.45) is 0 Å². The zero-order chi connectivity index (χ0) is 17.8. The molecule has 0 aliphatic heterocycles. The number of hydrogen-bond acceptors (Lipinski definition) is 4. The monoisotopic (exact) mass is 335 g/mol. The Kier molecular flexibility index (Phi) is 4.93. The van der Waals surface area contributed by atoms with Crippen LogP contribution in [0.15, 0.2) is 47.0 Å². The maximum absolute atomic E-state index is 12.2. The fourth-order valence-corrected chi connectivity index (χ4v) is 2.59. The number of rotatable bonds is 5. The number of aryl methyl sites for hydroxylation is 4. The van der Waals surface area contributed by atoms with E-state index >= 15 is 0 Å². The molecule has 1 aromatic heterocycles. The molecule has 0 saturated carbocycles. The summed E-state index contributed by atoms with van der Waals surface area (Å²) in [6.07, 6.45) is 0.707. The maximum atomic E-state index is 12.2. The zero-order valence-electron chi connectivity index (χ0n) is 14.7. The van der Waals surface area contributed by atoms with Gasteiger partial charge in [0.25, 0.3) is 0 Å². The van der Waals surface area contributed by atoms with Crippen LogP contribution in [0.5, 0.6) is 0 Å². The Morgan fingerprint density at radius 3 is 2.68 bits per heavy atom. The van der Waals surface area contributed by atoms with Crippen molar-refractivity contribution in [2.45, 2.75) is 33.6 Å². The van der Waals surface area contributed by atoms with Crippen LogP contribution in [0, 0.1) is 20.8 Å².